The third-order valence-corrected chi connectivity index (χ3v) is 6.81. The first-order valence-corrected chi connectivity index (χ1v) is 14.3. The van der Waals surface area contributed by atoms with Crippen molar-refractivity contribution in [3.05, 3.63) is 28.8 Å². The molecular weight excluding hydrogens is 524 g/mol. The van der Waals surface area contributed by atoms with Gasteiger partial charge in [0.15, 0.2) is 0 Å². The van der Waals surface area contributed by atoms with Crippen molar-refractivity contribution >= 4 is 49.7 Å². The summed E-state index contributed by atoms with van der Waals surface area (Å²) in [6, 6.07) is 1.82. The van der Waals surface area contributed by atoms with Gasteiger partial charge in [0.25, 0.3) is 10.0 Å². The highest BCUT2D eigenvalue weighted by molar-refractivity contribution is 7.90. The lowest BCUT2D eigenvalue weighted by atomic mass is 10.2. The van der Waals surface area contributed by atoms with Crippen molar-refractivity contribution in [3.8, 4) is 0 Å². The Balaban J connectivity index is 0.000000883. The van der Waals surface area contributed by atoms with Gasteiger partial charge in [0, 0.05) is 11.6 Å². The molecule has 0 aromatic heterocycles. The number of benzene rings is 1. The Bertz CT molecular complexity index is 1080. The summed E-state index contributed by atoms with van der Waals surface area (Å²) in [5.41, 5.74) is 4.43. The molecule has 5 N–H and O–H groups in total. The first kappa shape index (κ1) is 32.4. The minimum absolute atomic E-state index is 0.0492. The number of esters is 1. The Morgan fingerprint density at radius 1 is 1.03 bits per heavy atom. The maximum absolute atomic E-state index is 12.4. The first-order valence-electron chi connectivity index (χ1n) is 10.8. The number of carbonyl (C=O) groups is 3. The van der Waals surface area contributed by atoms with Crippen LogP contribution < -0.4 is 20.5 Å². The molecular formula is C20H33ClN4O8S2. The molecule has 0 aliphatic heterocycles. The van der Waals surface area contributed by atoms with E-state index < -0.39 is 49.1 Å². The zero-order chi connectivity index (χ0) is 27.2. The van der Waals surface area contributed by atoms with E-state index in [4.69, 9.17) is 16.3 Å². The lowest BCUT2D eigenvalue weighted by Gasteiger charge is -2.13. The molecule has 0 heterocycles. The van der Waals surface area contributed by atoms with Crippen molar-refractivity contribution in [1.29, 1.82) is 0 Å². The van der Waals surface area contributed by atoms with E-state index in [2.05, 4.69) is 11.1 Å². The average Bonchev–Trinajstić information content (AvgIpc) is 2.71. The zero-order valence-corrected chi connectivity index (χ0v) is 22.5. The number of hydrogen-bond donors (Lipinski definition) is 4. The number of sulfonamides is 2. The zero-order valence-electron chi connectivity index (χ0n) is 20.1. The highest BCUT2D eigenvalue weighted by Gasteiger charge is 2.26. The second kappa shape index (κ2) is 15.4. The van der Waals surface area contributed by atoms with Crippen LogP contribution in [0.4, 0.5) is 9.59 Å². The molecule has 200 valence electrons. The standard InChI is InChI=1S/C15H21ClN2O5S.C5H12N2O3S/c1-4-5-8-17-15(20)18-24(21,22)13-9-11(16)6-7-12(13)14(19)23-10(2)3;1-2-3-4-11(9,10)7-5(6)8/h6-7,9-10H,4-5,8H2,1-3H3,(H2,17,18,20);2-4H2,1H3,(H3,6,7,8). The molecule has 0 aliphatic rings. The van der Waals surface area contributed by atoms with Crippen molar-refractivity contribution in [3.63, 3.8) is 0 Å². The van der Waals surface area contributed by atoms with E-state index in [0.717, 1.165) is 25.3 Å². The molecule has 0 fully saturated rings. The maximum Gasteiger partial charge on any atom is 0.339 e. The van der Waals surface area contributed by atoms with E-state index in [1.54, 1.807) is 18.6 Å². The van der Waals surface area contributed by atoms with Gasteiger partial charge in [-0.3, -0.25) is 0 Å². The Labute approximate surface area is 211 Å². The van der Waals surface area contributed by atoms with Crippen molar-refractivity contribution in [2.45, 2.75) is 64.4 Å². The summed E-state index contributed by atoms with van der Waals surface area (Å²) in [4.78, 5) is 33.5. The maximum atomic E-state index is 12.4. The number of ether oxygens (including phenoxy) is 1. The molecule has 0 saturated heterocycles. The molecule has 1 aromatic rings. The van der Waals surface area contributed by atoms with Gasteiger partial charge in [0.1, 0.15) is 4.90 Å². The molecule has 0 saturated carbocycles. The second-order valence-corrected chi connectivity index (χ2v) is 11.4. The normalized spacial score (nSPS) is 11.1. The summed E-state index contributed by atoms with van der Waals surface area (Å²) in [6.07, 6.45) is 2.44. The minimum atomic E-state index is -4.28. The predicted octanol–water partition coefficient (Wildman–Crippen LogP) is 2.48. The first-order chi connectivity index (χ1) is 16.1. The minimum Gasteiger partial charge on any atom is -0.459 e. The number of rotatable bonds is 11. The number of primary amides is 1. The topological polar surface area (TPSA) is 191 Å². The molecule has 4 amide bonds. The quantitative estimate of drug-likeness (QED) is 0.236. The van der Waals surface area contributed by atoms with Gasteiger partial charge >= 0.3 is 18.0 Å². The van der Waals surface area contributed by atoms with Crippen molar-refractivity contribution < 1.29 is 36.0 Å². The average molecular weight is 557 g/mol. The van der Waals surface area contributed by atoms with E-state index in [9.17, 15) is 31.2 Å². The van der Waals surface area contributed by atoms with E-state index in [1.807, 2.05) is 18.6 Å². The van der Waals surface area contributed by atoms with Crippen LogP contribution in [-0.2, 0) is 24.8 Å². The molecule has 35 heavy (non-hydrogen) atoms. The van der Waals surface area contributed by atoms with E-state index in [1.165, 1.54) is 12.1 Å². The number of unbranched alkanes of at least 4 members (excludes halogenated alkanes) is 2. The largest absolute Gasteiger partial charge is 0.459 e. The Morgan fingerprint density at radius 2 is 1.63 bits per heavy atom. The van der Waals surface area contributed by atoms with Crippen LogP contribution in [0.15, 0.2) is 23.1 Å². The van der Waals surface area contributed by atoms with E-state index in [0.29, 0.717) is 13.0 Å². The number of urea groups is 2. The number of hydrogen-bond acceptors (Lipinski definition) is 8. The number of carbonyl (C=O) groups excluding carboxylic acids is 3. The van der Waals surface area contributed by atoms with Crippen LogP contribution in [-0.4, -0.2) is 53.3 Å². The summed E-state index contributed by atoms with van der Waals surface area (Å²) in [5.74, 6) is -0.861. The second-order valence-electron chi connectivity index (χ2n) is 7.45. The number of nitrogens with two attached hydrogens (primary N) is 1. The highest BCUT2D eigenvalue weighted by atomic mass is 35.5. The van der Waals surface area contributed by atoms with Gasteiger partial charge < -0.3 is 15.8 Å². The molecule has 0 radical (unpaired) electrons. The number of nitrogens with one attached hydrogen (secondary N) is 3. The molecule has 0 bridgehead atoms. The van der Waals surface area contributed by atoms with Gasteiger partial charge in [-0.1, -0.05) is 38.3 Å². The number of halogens is 1. The molecule has 12 nitrogen and oxygen atoms in total. The molecule has 0 unspecified atom stereocenters. The summed E-state index contributed by atoms with van der Waals surface area (Å²) >= 11 is 5.83. The van der Waals surface area contributed by atoms with Crippen LogP contribution in [0.1, 0.15) is 63.7 Å². The third kappa shape index (κ3) is 13.8. The Hall–Kier alpha value is -2.58. The van der Waals surface area contributed by atoms with Crippen LogP contribution in [0, 0.1) is 0 Å². The van der Waals surface area contributed by atoms with Crippen LogP contribution in [0.2, 0.25) is 5.02 Å². The smallest absolute Gasteiger partial charge is 0.339 e. The lowest BCUT2D eigenvalue weighted by molar-refractivity contribution is 0.0373. The van der Waals surface area contributed by atoms with Crippen molar-refractivity contribution in [2.75, 3.05) is 12.3 Å². The van der Waals surface area contributed by atoms with Crippen LogP contribution >= 0.6 is 11.6 Å². The Kier molecular flexibility index (Phi) is 14.3. The molecule has 0 spiro atoms. The predicted molar refractivity (Wildman–Crippen MR) is 132 cm³/mol. The summed E-state index contributed by atoms with van der Waals surface area (Å²) < 4.78 is 54.9. The monoisotopic (exact) mass is 556 g/mol. The summed E-state index contributed by atoms with van der Waals surface area (Å²) in [5, 5.41) is 2.54. The van der Waals surface area contributed by atoms with Gasteiger partial charge in [-0.05, 0) is 44.9 Å². The van der Waals surface area contributed by atoms with Gasteiger partial charge in [0.2, 0.25) is 10.0 Å². The Morgan fingerprint density at radius 3 is 2.14 bits per heavy atom. The lowest BCUT2D eigenvalue weighted by Crippen LogP contribution is -2.40. The fraction of sp³-hybridized carbons (Fsp3) is 0.550. The van der Waals surface area contributed by atoms with Gasteiger partial charge in [-0.15, -0.1) is 0 Å². The van der Waals surface area contributed by atoms with Crippen molar-refractivity contribution in [2.24, 2.45) is 5.73 Å². The SMILES string of the molecule is CCCCNC(=O)NS(=O)(=O)c1cc(Cl)ccc1C(=O)OC(C)C.CCCCS(=O)(=O)NC(N)=O. The van der Waals surface area contributed by atoms with E-state index in [-0.39, 0.29) is 16.3 Å². The molecule has 0 aliphatic carbocycles. The van der Waals surface area contributed by atoms with Gasteiger partial charge in [0.05, 0.1) is 17.4 Å². The van der Waals surface area contributed by atoms with Gasteiger partial charge in [-0.2, -0.15) is 0 Å². The van der Waals surface area contributed by atoms with Crippen LogP contribution in [0.25, 0.3) is 0 Å². The third-order valence-electron chi connectivity index (χ3n) is 3.86. The molecule has 1 aromatic carbocycles. The van der Waals surface area contributed by atoms with Crippen LogP contribution in [0.3, 0.4) is 0 Å². The van der Waals surface area contributed by atoms with Crippen molar-refractivity contribution in [1.82, 2.24) is 14.8 Å². The van der Waals surface area contributed by atoms with E-state index >= 15 is 0 Å². The fourth-order valence-corrected chi connectivity index (χ4v) is 4.76. The summed E-state index contributed by atoms with van der Waals surface area (Å²) in [7, 11) is -7.75. The molecule has 15 heteroatoms. The highest BCUT2D eigenvalue weighted by Crippen LogP contribution is 2.22. The fourth-order valence-electron chi connectivity index (χ4n) is 2.30. The number of amides is 4. The molecule has 1 rings (SSSR count). The van der Waals surface area contributed by atoms with Crippen LogP contribution in [0.5, 0.6) is 0 Å². The molecule has 0 atom stereocenters. The van der Waals surface area contributed by atoms with Gasteiger partial charge in [-0.25, -0.2) is 40.7 Å². The summed E-state index contributed by atoms with van der Waals surface area (Å²) in [6.45, 7) is 7.42.